The summed E-state index contributed by atoms with van der Waals surface area (Å²) in [7, 11) is 0. The topological polar surface area (TPSA) is 72.2 Å². The van der Waals surface area contributed by atoms with Crippen LogP contribution in [0.2, 0.25) is 0 Å². The summed E-state index contributed by atoms with van der Waals surface area (Å²) in [6.45, 7) is 7.80. The van der Waals surface area contributed by atoms with Gasteiger partial charge in [0.05, 0.1) is 0 Å². The van der Waals surface area contributed by atoms with Crippen LogP contribution in [0.3, 0.4) is 0 Å². The zero-order valence-electron chi connectivity index (χ0n) is 10.2. The van der Waals surface area contributed by atoms with Crippen molar-refractivity contribution >= 4 is 11.8 Å². The summed E-state index contributed by atoms with van der Waals surface area (Å²) < 4.78 is 0. The summed E-state index contributed by atoms with van der Waals surface area (Å²) in [6.07, 6.45) is 3.28. The van der Waals surface area contributed by atoms with Gasteiger partial charge in [0.15, 0.2) is 0 Å². The van der Waals surface area contributed by atoms with E-state index in [2.05, 4.69) is 11.9 Å². The molecule has 0 aromatic heterocycles. The van der Waals surface area contributed by atoms with Crippen LogP contribution < -0.4 is 11.1 Å². The maximum absolute atomic E-state index is 11.1. The van der Waals surface area contributed by atoms with Crippen molar-refractivity contribution in [1.82, 2.24) is 5.32 Å². The minimum atomic E-state index is -0.243. The fourth-order valence-electron chi connectivity index (χ4n) is 1.48. The number of amides is 2. The molecule has 1 atom stereocenters. The third-order valence-electron chi connectivity index (χ3n) is 2.44. The molecule has 0 rings (SSSR count). The second kappa shape index (κ2) is 7.91. The average molecular weight is 226 g/mol. The molecule has 0 spiro atoms. The van der Waals surface area contributed by atoms with Gasteiger partial charge in [-0.1, -0.05) is 19.9 Å². The van der Waals surface area contributed by atoms with Crippen molar-refractivity contribution < 1.29 is 9.59 Å². The predicted molar refractivity (Wildman–Crippen MR) is 64.7 cm³/mol. The van der Waals surface area contributed by atoms with Crippen LogP contribution in [0, 0.1) is 5.92 Å². The maximum atomic E-state index is 11.1. The fraction of sp³-hybridized carbons (Fsp3) is 0.667. The Labute approximate surface area is 97.3 Å². The Hall–Kier alpha value is -1.32. The van der Waals surface area contributed by atoms with E-state index in [-0.39, 0.29) is 17.7 Å². The molecule has 4 heteroatoms. The normalized spacial score (nSPS) is 11.9. The molecule has 0 bridgehead atoms. The summed E-state index contributed by atoms with van der Waals surface area (Å²) in [5.41, 5.74) is 5.77. The standard InChI is InChI=1S/C12H22N2O2/c1-4-6-10(11(13)15)7-5-8-14-12(16)9(2)3/h10H,2,4-8H2,1,3H3,(H2,13,15)(H,14,16). The van der Waals surface area contributed by atoms with E-state index < -0.39 is 0 Å². The van der Waals surface area contributed by atoms with E-state index >= 15 is 0 Å². The first-order valence-electron chi connectivity index (χ1n) is 5.72. The lowest BCUT2D eigenvalue weighted by Crippen LogP contribution is -2.27. The van der Waals surface area contributed by atoms with Crippen LogP contribution in [0.4, 0.5) is 0 Å². The van der Waals surface area contributed by atoms with Crippen molar-refractivity contribution in [2.45, 2.75) is 39.5 Å². The van der Waals surface area contributed by atoms with Gasteiger partial charge in [0.1, 0.15) is 0 Å². The van der Waals surface area contributed by atoms with Gasteiger partial charge in [-0.05, 0) is 26.2 Å². The monoisotopic (exact) mass is 226 g/mol. The Morgan fingerprint density at radius 2 is 2.00 bits per heavy atom. The Kier molecular flexibility index (Phi) is 7.25. The molecular formula is C12H22N2O2. The molecule has 0 aliphatic carbocycles. The van der Waals surface area contributed by atoms with Gasteiger partial charge in [-0.25, -0.2) is 0 Å². The summed E-state index contributed by atoms with van der Waals surface area (Å²) in [6, 6.07) is 0. The number of hydrogen-bond acceptors (Lipinski definition) is 2. The van der Waals surface area contributed by atoms with Crippen LogP contribution in [0.15, 0.2) is 12.2 Å². The minimum Gasteiger partial charge on any atom is -0.369 e. The van der Waals surface area contributed by atoms with E-state index in [1.807, 2.05) is 6.92 Å². The van der Waals surface area contributed by atoms with Crippen molar-refractivity contribution in [3.63, 3.8) is 0 Å². The van der Waals surface area contributed by atoms with Gasteiger partial charge in [-0.3, -0.25) is 9.59 Å². The number of primary amides is 1. The molecular weight excluding hydrogens is 204 g/mol. The second-order valence-corrected chi connectivity index (χ2v) is 4.07. The van der Waals surface area contributed by atoms with E-state index in [1.54, 1.807) is 6.92 Å². The highest BCUT2D eigenvalue weighted by atomic mass is 16.2. The fourth-order valence-corrected chi connectivity index (χ4v) is 1.48. The van der Waals surface area contributed by atoms with Crippen molar-refractivity contribution in [2.75, 3.05) is 6.54 Å². The van der Waals surface area contributed by atoms with Gasteiger partial charge in [-0.15, -0.1) is 0 Å². The van der Waals surface area contributed by atoms with Gasteiger partial charge < -0.3 is 11.1 Å². The third-order valence-corrected chi connectivity index (χ3v) is 2.44. The first-order valence-corrected chi connectivity index (χ1v) is 5.72. The Bertz CT molecular complexity index is 262. The Morgan fingerprint density at radius 3 is 2.44 bits per heavy atom. The average Bonchev–Trinajstić information content (AvgIpc) is 2.21. The van der Waals surface area contributed by atoms with Crippen molar-refractivity contribution in [2.24, 2.45) is 11.7 Å². The molecule has 0 heterocycles. The number of hydrogen-bond donors (Lipinski definition) is 2. The number of carbonyl (C=O) groups is 2. The highest BCUT2D eigenvalue weighted by Crippen LogP contribution is 2.12. The smallest absolute Gasteiger partial charge is 0.246 e. The van der Waals surface area contributed by atoms with Gasteiger partial charge >= 0.3 is 0 Å². The maximum Gasteiger partial charge on any atom is 0.246 e. The van der Waals surface area contributed by atoms with Crippen LogP contribution in [0.5, 0.6) is 0 Å². The number of nitrogens with one attached hydrogen (secondary N) is 1. The molecule has 0 radical (unpaired) electrons. The zero-order chi connectivity index (χ0) is 12.6. The predicted octanol–water partition coefficient (Wildman–Crippen LogP) is 1.36. The molecule has 92 valence electrons. The first kappa shape index (κ1) is 14.7. The lowest BCUT2D eigenvalue weighted by molar-refractivity contribution is -0.122. The van der Waals surface area contributed by atoms with Gasteiger partial charge in [-0.2, -0.15) is 0 Å². The van der Waals surface area contributed by atoms with Crippen LogP contribution in [0.25, 0.3) is 0 Å². The molecule has 0 aliphatic rings. The van der Waals surface area contributed by atoms with Crippen molar-refractivity contribution in [1.29, 1.82) is 0 Å². The Balaban J connectivity index is 3.74. The van der Waals surface area contributed by atoms with Crippen LogP contribution >= 0.6 is 0 Å². The van der Waals surface area contributed by atoms with E-state index in [4.69, 9.17) is 5.73 Å². The third kappa shape index (κ3) is 6.22. The lowest BCUT2D eigenvalue weighted by atomic mass is 9.97. The molecule has 1 unspecified atom stereocenters. The lowest BCUT2D eigenvalue weighted by Gasteiger charge is -2.12. The van der Waals surface area contributed by atoms with Crippen LogP contribution in [0.1, 0.15) is 39.5 Å². The SMILES string of the molecule is C=C(C)C(=O)NCCCC(CCC)C(N)=O. The Morgan fingerprint density at radius 1 is 1.38 bits per heavy atom. The molecule has 16 heavy (non-hydrogen) atoms. The van der Waals surface area contributed by atoms with Crippen molar-refractivity contribution in [3.05, 3.63) is 12.2 Å². The first-order chi connectivity index (χ1) is 7.49. The second-order valence-electron chi connectivity index (χ2n) is 4.07. The minimum absolute atomic E-state index is 0.0632. The summed E-state index contributed by atoms with van der Waals surface area (Å²) in [5.74, 6) is -0.439. The van der Waals surface area contributed by atoms with Gasteiger partial charge in [0, 0.05) is 18.0 Å². The molecule has 0 fully saturated rings. The molecule has 0 saturated carbocycles. The quantitative estimate of drug-likeness (QED) is 0.484. The summed E-state index contributed by atoms with van der Waals surface area (Å²) in [4.78, 5) is 22.2. The number of nitrogens with two attached hydrogens (primary N) is 1. The van der Waals surface area contributed by atoms with Gasteiger partial charge in [0.2, 0.25) is 11.8 Å². The van der Waals surface area contributed by atoms with E-state index in [9.17, 15) is 9.59 Å². The van der Waals surface area contributed by atoms with E-state index in [0.29, 0.717) is 12.1 Å². The molecule has 0 aliphatic heterocycles. The molecule has 3 N–H and O–H groups in total. The highest BCUT2D eigenvalue weighted by molar-refractivity contribution is 5.92. The van der Waals surface area contributed by atoms with Gasteiger partial charge in [0.25, 0.3) is 0 Å². The molecule has 2 amide bonds. The largest absolute Gasteiger partial charge is 0.369 e. The highest BCUT2D eigenvalue weighted by Gasteiger charge is 2.13. The van der Waals surface area contributed by atoms with Crippen LogP contribution in [-0.4, -0.2) is 18.4 Å². The molecule has 4 nitrogen and oxygen atoms in total. The zero-order valence-corrected chi connectivity index (χ0v) is 10.2. The van der Waals surface area contributed by atoms with E-state index in [0.717, 1.165) is 25.7 Å². The van der Waals surface area contributed by atoms with Crippen LogP contribution in [-0.2, 0) is 9.59 Å². The molecule has 0 aromatic rings. The molecule has 0 saturated heterocycles. The summed E-state index contributed by atoms with van der Waals surface area (Å²) in [5, 5.41) is 2.73. The molecule has 0 aromatic carbocycles. The number of rotatable bonds is 8. The van der Waals surface area contributed by atoms with E-state index in [1.165, 1.54) is 0 Å². The van der Waals surface area contributed by atoms with Crippen molar-refractivity contribution in [3.8, 4) is 0 Å². The number of carbonyl (C=O) groups excluding carboxylic acids is 2. The summed E-state index contributed by atoms with van der Waals surface area (Å²) >= 11 is 0.